The summed E-state index contributed by atoms with van der Waals surface area (Å²) in [4.78, 5) is 12.4. The van der Waals surface area contributed by atoms with Gasteiger partial charge in [-0.1, -0.05) is 25.1 Å². The van der Waals surface area contributed by atoms with Crippen molar-refractivity contribution >= 4 is 17.3 Å². The molecule has 0 unspecified atom stereocenters. The van der Waals surface area contributed by atoms with Crippen molar-refractivity contribution in [3.8, 4) is 0 Å². The number of ether oxygens (including phenoxy) is 1. The first-order valence-electron chi connectivity index (χ1n) is 8.38. The zero-order valence-electron chi connectivity index (χ0n) is 14.8. The minimum Gasteiger partial charge on any atom is -0.452 e. The lowest BCUT2D eigenvalue weighted by atomic mass is 10.1. The number of halogens is 3. The molecule has 0 atom stereocenters. The van der Waals surface area contributed by atoms with Crippen molar-refractivity contribution in [3.63, 3.8) is 0 Å². The van der Waals surface area contributed by atoms with E-state index < -0.39 is 17.7 Å². The second kappa shape index (κ2) is 8.12. The van der Waals surface area contributed by atoms with Gasteiger partial charge in [-0.15, -0.1) is 10.2 Å². The van der Waals surface area contributed by atoms with Crippen LogP contribution in [0.3, 0.4) is 0 Å². The van der Waals surface area contributed by atoms with Crippen LogP contribution < -0.4 is 5.32 Å². The minimum absolute atomic E-state index is 0.161. The van der Waals surface area contributed by atoms with Crippen molar-refractivity contribution in [1.82, 2.24) is 10.2 Å². The zero-order valence-corrected chi connectivity index (χ0v) is 14.8. The highest BCUT2D eigenvalue weighted by Gasteiger charge is 2.30. The van der Waals surface area contributed by atoms with Crippen LogP contribution >= 0.6 is 0 Å². The highest BCUT2D eigenvalue weighted by molar-refractivity contribution is 5.96. The van der Waals surface area contributed by atoms with Crippen LogP contribution in [-0.2, 0) is 23.9 Å². The Bertz CT molecular complexity index is 970. The smallest absolute Gasteiger partial charge is 0.416 e. The summed E-state index contributed by atoms with van der Waals surface area (Å²) in [5.74, 6) is -0.0856. The Labute approximate surface area is 158 Å². The lowest BCUT2D eigenvalue weighted by Gasteiger charge is -2.13. The number of carbonyl (C=O) groups excluding carboxylic acids is 1. The van der Waals surface area contributed by atoms with E-state index in [4.69, 9.17) is 9.15 Å². The Kier molecular flexibility index (Phi) is 5.62. The number of hydrogen-bond acceptors (Lipinski definition) is 6. The van der Waals surface area contributed by atoms with E-state index in [0.29, 0.717) is 18.0 Å². The van der Waals surface area contributed by atoms with Gasteiger partial charge in [-0.3, -0.25) is 0 Å². The fourth-order valence-electron chi connectivity index (χ4n) is 2.39. The molecule has 9 heteroatoms. The third-order valence-electron chi connectivity index (χ3n) is 3.75. The zero-order chi connectivity index (χ0) is 20.1. The number of aryl methyl sites for hydroxylation is 1. The third kappa shape index (κ3) is 4.67. The van der Waals surface area contributed by atoms with Crippen LogP contribution in [0, 0.1) is 0 Å². The standard InChI is InChI=1S/C19H16F3N3O3/c1-2-16-24-25-17(28-16)11-27-18(26)14-8-3-4-9-15(14)23-13-7-5-6-12(10-13)19(20,21)22/h3-10,23H,2,11H2,1H3. The third-order valence-corrected chi connectivity index (χ3v) is 3.75. The molecule has 0 aliphatic carbocycles. The Hall–Kier alpha value is -3.36. The molecule has 1 heterocycles. The van der Waals surface area contributed by atoms with Crippen LogP contribution in [0.4, 0.5) is 24.5 Å². The van der Waals surface area contributed by atoms with Gasteiger partial charge in [0.2, 0.25) is 5.89 Å². The van der Waals surface area contributed by atoms with Gasteiger partial charge in [-0.2, -0.15) is 13.2 Å². The molecule has 0 spiro atoms. The van der Waals surface area contributed by atoms with Crippen molar-refractivity contribution in [3.05, 3.63) is 71.4 Å². The topological polar surface area (TPSA) is 77.2 Å². The number of nitrogens with one attached hydrogen (secondary N) is 1. The van der Waals surface area contributed by atoms with Crippen LogP contribution in [-0.4, -0.2) is 16.2 Å². The van der Waals surface area contributed by atoms with Crippen LogP contribution in [0.2, 0.25) is 0 Å². The highest BCUT2D eigenvalue weighted by atomic mass is 19.4. The number of hydrogen-bond donors (Lipinski definition) is 1. The molecular weight excluding hydrogens is 375 g/mol. The second-order valence-electron chi connectivity index (χ2n) is 5.77. The normalized spacial score (nSPS) is 11.3. The van der Waals surface area contributed by atoms with Gasteiger partial charge in [-0.05, 0) is 30.3 Å². The maximum Gasteiger partial charge on any atom is 0.416 e. The summed E-state index contributed by atoms with van der Waals surface area (Å²) in [6.07, 6.45) is -3.90. The molecule has 3 rings (SSSR count). The van der Waals surface area contributed by atoms with Gasteiger partial charge in [0, 0.05) is 12.1 Å². The van der Waals surface area contributed by atoms with Crippen LogP contribution in [0.5, 0.6) is 0 Å². The summed E-state index contributed by atoms with van der Waals surface area (Å²) in [5.41, 5.74) is -0.123. The first-order chi connectivity index (χ1) is 13.4. The number of anilines is 2. The average molecular weight is 391 g/mol. The maximum atomic E-state index is 12.9. The summed E-state index contributed by atoms with van der Waals surface area (Å²) < 4.78 is 49.1. The molecule has 0 saturated heterocycles. The second-order valence-corrected chi connectivity index (χ2v) is 5.77. The molecule has 0 bridgehead atoms. The number of rotatable bonds is 6. The van der Waals surface area contributed by atoms with Crippen LogP contribution in [0.15, 0.2) is 52.9 Å². The summed E-state index contributed by atoms with van der Waals surface area (Å²) in [6, 6.07) is 11.0. The van der Waals surface area contributed by atoms with Gasteiger partial charge in [-0.25, -0.2) is 4.79 Å². The van der Waals surface area contributed by atoms with E-state index in [1.807, 2.05) is 6.92 Å². The molecular formula is C19H16F3N3O3. The molecule has 28 heavy (non-hydrogen) atoms. The Balaban J connectivity index is 1.74. The van der Waals surface area contributed by atoms with Gasteiger partial charge in [0.05, 0.1) is 16.8 Å². The predicted octanol–water partition coefficient (Wildman–Crippen LogP) is 4.75. The van der Waals surface area contributed by atoms with E-state index in [2.05, 4.69) is 15.5 Å². The number of aromatic nitrogens is 2. The summed E-state index contributed by atoms with van der Waals surface area (Å²) in [7, 11) is 0. The molecule has 3 aromatic rings. The monoisotopic (exact) mass is 391 g/mol. The van der Waals surface area contributed by atoms with Crippen molar-refractivity contribution in [1.29, 1.82) is 0 Å². The van der Waals surface area contributed by atoms with Crippen molar-refractivity contribution < 1.29 is 27.1 Å². The maximum absolute atomic E-state index is 12.9. The fourth-order valence-corrected chi connectivity index (χ4v) is 2.39. The van der Waals surface area contributed by atoms with Crippen molar-refractivity contribution in [2.24, 2.45) is 0 Å². The van der Waals surface area contributed by atoms with Gasteiger partial charge in [0.15, 0.2) is 6.61 Å². The molecule has 0 aliphatic heterocycles. The summed E-state index contributed by atoms with van der Waals surface area (Å²) in [6.45, 7) is 1.64. The number of benzene rings is 2. The van der Waals surface area contributed by atoms with Crippen LogP contribution in [0.25, 0.3) is 0 Å². The van der Waals surface area contributed by atoms with E-state index in [-0.39, 0.29) is 23.7 Å². The number of carbonyl (C=O) groups is 1. The van der Waals surface area contributed by atoms with E-state index in [0.717, 1.165) is 12.1 Å². The molecule has 0 radical (unpaired) electrons. The lowest BCUT2D eigenvalue weighted by Crippen LogP contribution is -2.09. The van der Waals surface area contributed by atoms with E-state index >= 15 is 0 Å². The molecule has 1 aromatic heterocycles. The quantitative estimate of drug-likeness (QED) is 0.611. The highest BCUT2D eigenvalue weighted by Crippen LogP contribution is 2.32. The van der Waals surface area contributed by atoms with Crippen molar-refractivity contribution in [2.75, 3.05) is 5.32 Å². The molecule has 6 nitrogen and oxygen atoms in total. The predicted molar refractivity (Wildman–Crippen MR) is 94.0 cm³/mol. The number of nitrogens with zero attached hydrogens (tertiary/aromatic N) is 2. The first-order valence-corrected chi connectivity index (χ1v) is 8.38. The number of esters is 1. The SMILES string of the molecule is CCc1nnc(COC(=O)c2ccccc2Nc2cccc(C(F)(F)F)c2)o1. The molecule has 146 valence electrons. The Morgan fingerprint density at radius 2 is 1.86 bits per heavy atom. The summed E-state index contributed by atoms with van der Waals surface area (Å²) >= 11 is 0. The molecule has 0 aliphatic rings. The van der Waals surface area contributed by atoms with Crippen molar-refractivity contribution in [2.45, 2.75) is 26.1 Å². The molecule has 0 fully saturated rings. The van der Waals surface area contributed by atoms with E-state index in [9.17, 15) is 18.0 Å². The Morgan fingerprint density at radius 1 is 1.11 bits per heavy atom. The molecule has 1 N–H and O–H groups in total. The van der Waals surface area contributed by atoms with Gasteiger partial charge in [0.1, 0.15) is 0 Å². The molecule has 2 aromatic carbocycles. The lowest BCUT2D eigenvalue weighted by molar-refractivity contribution is -0.137. The van der Waals surface area contributed by atoms with E-state index in [1.54, 1.807) is 18.2 Å². The van der Waals surface area contributed by atoms with Gasteiger partial charge < -0.3 is 14.5 Å². The fraction of sp³-hybridized carbons (Fsp3) is 0.211. The first kappa shape index (κ1) is 19.4. The minimum atomic E-state index is -4.46. The summed E-state index contributed by atoms with van der Waals surface area (Å²) in [5, 5.41) is 10.4. The number of para-hydroxylation sites is 1. The van der Waals surface area contributed by atoms with Gasteiger partial charge >= 0.3 is 12.1 Å². The largest absolute Gasteiger partial charge is 0.452 e. The van der Waals surface area contributed by atoms with Gasteiger partial charge in [0.25, 0.3) is 5.89 Å². The molecule has 0 amide bonds. The molecule has 0 saturated carbocycles. The van der Waals surface area contributed by atoms with Crippen LogP contribution in [0.1, 0.15) is 34.6 Å². The average Bonchev–Trinajstić information content (AvgIpc) is 3.14. The van der Waals surface area contributed by atoms with E-state index in [1.165, 1.54) is 18.2 Å². The Morgan fingerprint density at radius 3 is 2.57 bits per heavy atom. The number of alkyl halides is 3.